The van der Waals surface area contributed by atoms with Gasteiger partial charge < -0.3 is 5.11 Å². The molecule has 3 fully saturated rings. The van der Waals surface area contributed by atoms with Gasteiger partial charge in [0.1, 0.15) is 0 Å². The van der Waals surface area contributed by atoms with Crippen molar-refractivity contribution in [2.75, 3.05) is 0 Å². The van der Waals surface area contributed by atoms with Gasteiger partial charge in [-0.05, 0) is 90.9 Å². The summed E-state index contributed by atoms with van der Waals surface area (Å²) in [6.07, 6.45) is 13.4. The van der Waals surface area contributed by atoms with Crippen molar-refractivity contribution in [1.29, 1.82) is 0 Å². The molecule has 4 aliphatic rings. The second kappa shape index (κ2) is 7.81. The van der Waals surface area contributed by atoms with Crippen LogP contribution in [0.1, 0.15) is 98.8 Å². The summed E-state index contributed by atoms with van der Waals surface area (Å²) < 4.78 is 0. The predicted molar refractivity (Wildman–Crippen MR) is 119 cm³/mol. The van der Waals surface area contributed by atoms with Crippen molar-refractivity contribution in [3.8, 4) is 0 Å². The SMILES string of the molecule is CC(C)CCC[C@@H](C)[C@H]1CC[C@H]2[C@@H]3C(O)CC4=CC(=O)CC[C@]4(C)[C@H]3CC[C@]12C. The van der Waals surface area contributed by atoms with Crippen LogP contribution in [0.5, 0.6) is 0 Å². The molecule has 1 unspecified atom stereocenters. The van der Waals surface area contributed by atoms with Crippen LogP contribution in [0.25, 0.3) is 0 Å². The van der Waals surface area contributed by atoms with Crippen LogP contribution in [0.4, 0.5) is 0 Å². The van der Waals surface area contributed by atoms with Crippen molar-refractivity contribution in [3.63, 3.8) is 0 Å². The number of rotatable bonds is 5. The molecule has 1 N–H and O–H groups in total. The summed E-state index contributed by atoms with van der Waals surface area (Å²) in [6, 6.07) is 0. The zero-order valence-corrected chi connectivity index (χ0v) is 19.5. The van der Waals surface area contributed by atoms with E-state index in [1.54, 1.807) is 0 Å². The van der Waals surface area contributed by atoms with Gasteiger partial charge in [-0.15, -0.1) is 0 Å². The highest BCUT2D eigenvalue weighted by molar-refractivity contribution is 5.91. The summed E-state index contributed by atoms with van der Waals surface area (Å²) in [7, 11) is 0. The number of aliphatic hydroxyl groups excluding tert-OH is 1. The Morgan fingerprint density at radius 1 is 1.07 bits per heavy atom. The minimum atomic E-state index is -0.246. The van der Waals surface area contributed by atoms with Crippen molar-refractivity contribution in [2.45, 2.75) is 105 Å². The first-order chi connectivity index (χ1) is 13.7. The van der Waals surface area contributed by atoms with E-state index in [0.717, 1.165) is 30.6 Å². The van der Waals surface area contributed by atoms with Gasteiger partial charge in [0, 0.05) is 6.42 Å². The number of carbonyl (C=O) groups is 1. The van der Waals surface area contributed by atoms with Gasteiger partial charge in [0.2, 0.25) is 0 Å². The highest BCUT2D eigenvalue weighted by atomic mass is 16.3. The maximum absolute atomic E-state index is 12.0. The van der Waals surface area contributed by atoms with E-state index in [4.69, 9.17) is 0 Å². The van der Waals surface area contributed by atoms with E-state index in [1.807, 2.05) is 6.08 Å². The second-order valence-corrected chi connectivity index (χ2v) is 12.1. The molecule has 0 aromatic rings. The molecule has 4 aliphatic carbocycles. The monoisotopic (exact) mass is 400 g/mol. The lowest BCUT2D eigenvalue weighted by molar-refractivity contribution is -0.124. The van der Waals surface area contributed by atoms with Crippen LogP contribution in [0, 0.1) is 46.3 Å². The van der Waals surface area contributed by atoms with Crippen molar-refractivity contribution in [1.82, 2.24) is 0 Å². The van der Waals surface area contributed by atoms with Crippen LogP contribution in [0.3, 0.4) is 0 Å². The van der Waals surface area contributed by atoms with Gasteiger partial charge in [-0.1, -0.05) is 59.5 Å². The maximum Gasteiger partial charge on any atom is 0.155 e. The zero-order valence-electron chi connectivity index (χ0n) is 19.5. The molecule has 0 bridgehead atoms. The molecule has 0 aliphatic heterocycles. The molecule has 0 aromatic heterocycles. The van der Waals surface area contributed by atoms with E-state index in [1.165, 1.54) is 50.5 Å². The molecule has 0 aromatic carbocycles. The van der Waals surface area contributed by atoms with Gasteiger partial charge in [0.25, 0.3) is 0 Å². The van der Waals surface area contributed by atoms with Gasteiger partial charge in [-0.2, -0.15) is 0 Å². The van der Waals surface area contributed by atoms with E-state index in [0.29, 0.717) is 29.6 Å². The first kappa shape index (κ1) is 21.6. The largest absolute Gasteiger partial charge is 0.392 e. The maximum atomic E-state index is 12.0. The van der Waals surface area contributed by atoms with Gasteiger partial charge in [0.05, 0.1) is 6.10 Å². The number of hydrogen-bond donors (Lipinski definition) is 1. The summed E-state index contributed by atoms with van der Waals surface area (Å²) in [5.41, 5.74) is 1.82. The van der Waals surface area contributed by atoms with Crippen molar-refractivity contribution in [2.24, 2.45) is 46.3 Å². The average Bonchev–Trinajstić information content (AvgIpc) is 3.00. The Morgan fingerprint density at radius 2 is 1.83 bits per heavy atom. The average molecular weight is 401 g/mol. The number of aliphatic hydroxyl groups is 1. The minimum Gasteiger partial charge on any atom is -0.392 e. The Hall–Kier alpha value is -0.630. The Balaban J connectivity index is 1.54. The van der Waals surface area contributed by atoms with Crippen LogP contribution in [0.15, 0.2) is 11.6 Å². The van der Waals surface area contributed by atoms with Gasteiger partial charge in [0.15, 0.2) is 5.78 Å². The summed E-state index contributed by atoms with van der Waals surface area (Å²) in [4.78, 5) is 12.0. The Bertz CT molecular complexity index is 663. The van der Waals surface area contributed by atoms with Crippen LogP contribution in [-0.4, -0.2) is 17.0 Å². The predicted octanol–water partition coefficient (Wildman–Crippen LogP) is 6.57. The third-order valence-corrected chi connectivity index (χ3v) is 10.2. The Kier molecular flexibility index (Phi) is 5.82. The molecule has 164 valence electrons. The summed E-state index contributed by atoms with van der Waals surface area (Å²) >= 11 is 0. The van der Waals surface area contributed by atoms with Gasteiger partial charge in [-0.25, -0.2) is 0 Å². The smallest absolute Gasteiger partial charge is 0.155 e. The first-order valence-electron chi connectivity index (χ1n) is 12.6. The van der Waals surface area contributed by atoms with Crippen LogP contribution in [-0.2, 0) is 4.79 Å². The molecular formula is C27H44O2. The fraction of sp³-hybridized carbons (Fsp3) is 0.889. The topological polar surface area (TPSA) is 37.3 Å². The minimum absolute atomic E-state index is 0.153. The third-order valence-electron chi connectivity index (χ3n) is 10.2. The van der Waals surface area contributed by atoms with Crippen LogP contribution >= 0.6 is 0 Å². The van der Waals surface area contributed by atoms with Crippen LogP contribution < -0.4 is 0 Å². The summed E-state index contributed by atoms with van der Waals surface area (Å²) in [5, 5.41) is 11.3. The summed E-state index contributed by atoms with van der Waals surface area (Å²) in [6.45, 7) is 12.2. The molecule has 0 spiro atoms. The normalized spacial score (nSPS) is 45.4. The molecule has 0 heterocycles. The standard InChI is InChI=1S/C27H44O2/c1-17(2)7-6-8-18(3)21-9-10-22-25-23(12-14-27(21,22)5)26(4)13-11-20(28)15-19(26)16-24(25)29/h15,17-18,21-25,29H,6-14,16H2,1-5H3/t18-,21-,22+,23+,24?,25+,26+,27-/m1/s1. The highest BCUT2D eigenvalue weighted by Crippen LogP contribution is 2.67. The highest BCUT2D eigenvalue weighted by Gasteiger charge is 2.61. The van der Waals surface area contributed by atoms with Gasteiger partial charge >= 0.3 is 0 Å². The van der Waals surface area contributed by atoms with E-state index in [-0.39, 0.29) is 17.3 Å². The Morgan fingerprint density at radius 3 is 2.55 bits per heavy atom. The molecule has 2 heteroatoms. The molecule has 0 amide bonds. The third kappa shape index (κ3) is 3.56. The number of hydrogen-bond acceptors (Lipinski definition) is 2. The van der Waals surface area contributed by atoms with Crippen molar-refractivity contribution in [3.05, 3.63) is 11.6 Å². The molecule has 0 saturated heterocycles. The molecule has 2 nitrogen and oxygen atoms in total. The zero-order chi connectivity index (χ0) is 21.0. The Labute approximate surface area is 178 Å². The van der Waals surface area contributed by atoms with Crippen molar-refractivity contribution >= 4 is 5.78 Å². The lowest BCUT2D eigenvalue weighted by Gasteiger charge is -2.60. The fourth-order valence-corrected chi connectivity index (χ4v) is 8.55. The quantitative estimate of drug-likeness (QED) is 0.567. The lowest BCUT2D eigenvalue weighted by atomic mass is 9.45. The van der Waals surface area contributed by atoms with E-state index >= 15 is 0 Å². The number of ketones is 1. The molecule has 4 rings (SSSR count). The summed E-state index contributed by atoms with van der Waals surface area (Å²) in [5.74, 6) is 4.40. The lowest BCUT2D eigenvalue weighted by Crippen LogP contribution is -2.55. The van der Waals surface area contributed by atoms with E-state index in [9.17, 15) is 9.90 Å². The van der Waals surface area contributed by atoms with E-state index < -0.39 is 0 Å². The number of carbonyl (C=O) groups excluding carboxylic acids is 1. The molecule has 8 atom stereocenters. The first-order valence-corrected chi connectivity index (χ1v) is 12.6. The second-order valence-electron chi connectivity index (χ2n) is 12.1. The van der Waals surface area contributed by atoms with Crippen molar-refractivity contribution < 1.29 is 9.90 Å². The molecule has 0 radical (unpaired) electrons. The van der Waals surface area contributed by atoms with Crippen LogP contribution in [0.2, 0.25) is 0 Å². The fourth-order valence-electron chi connectivity index (χ4n) is 8.55. The van der Waals surface area contributed by atoms with Gasteiger partial charge in [-0.3, -0.25) is 4.79 Å². The van der Waals surface area contributed by atoms with E-state index in [2.05, 4.69) is 34.6 Å². The molecular weight excluding hydrogens is 356 g/mol. The molecule has 3 saturated carbocycles. The number of fused-ring (bicyclic) bond motifs is 5. The molecule has 29 heavy (non-hydrogen) atoms.